The third kappa shape index (κ3) is 3.83. The standard InChI is InChI=1S/C20H22FN5OS/c1-11-8-14(5-6-15(11)21)24-19-22-9-13-4-7-16-18(17(13)26-19)28-20(25-16)23-12(2)10-27-3/h5-6,8-9,12H,4,7,10H2,1-3H3,(H,23,25)(H,22,24,26). The largest absolute Gasteiger partial charge is 0.383 e. The molecule has 2 heterocycles. The van der Waals surface area contributed by atoms with Crippen LogP contribution in [0.3, 0.4) is 0 Å². The van der Waals surface area contributed by atoms with Gasteiger partial charge >= 0.3 is 0 Å². The Kier molecular flexibility index (Phi) is 5.23. The number of nitrogens with one attached hydrogen (secondary N) is 2. The minimum Gasteiger partial charge on any atom is -0.383 e. The molecule has 0 amide bonds. The molecule has 0 saturated carbocycles. The van der Waals surface area contributed by atoms with E-state index in [1.54, 1.807) is 37.5 Å². The van der Waals surface area contributed by atoms with E-state index >= 15 is 0 Å². The molecule has 2 aromatic heterocycles. The Morgan fingerprint density at radius 3 is 2.93 bits per heavy atom. The molecular formula is C20H22FN5OS. The molecule has 0 saturated heterocycles. The second-order valence-electron chi connectivity index (χ2n) is 6.95. The summed E-state index contributed by atoms with van der Waals surface area (Å²) in [6.45, 7) is 4.41. The molecule has 1 atom stereocenters. The molecule has 0 radical (unpaired) electrons. The van der Waals surface area contributed by atoms with Gasteiger partial charge in [-0.2, -0.15) is 0 Å². The minimum atomic E-state index is -0.228. The third-order valence-corrected chi connectivity index (χ3v) is 5.64. The quantitative estimate of drug-likeness (QED) is 0.643. The van der Waals surface area contributed by atoms with E-state index in [1.807, 2.05) is 6.20 Å². The molecule has 28 heavy (non-hydrogen) atoms. The molecule has 2 N–H and O–H groups in total. The van der Waals surface area contributed by atoms with Crippen LogP contribution in [0.2, 0.25) is 0 Å². The van der Waals surface area contributed by atoms with Gasteiger partial charge in [0.25, 0.3) is 0 Å². The molecule has 146 valence electrons. The third-order valence-electron chi connectivity index (χ3n) is 4.61. The maximum atomic E-state index is 13.5. The Morgan fingerprint density at radius 1 is 1.29 bits per heavy atom. The maximum Gasteiger partial charge on any atom is 0.227 e. The summed E-state index contributed by atoms with van der Waals surface area (Å²) in [5.41, 5.74) is 4.44. The van der Waals surface area contributed by atoms with Crippen molar-refractivity contribution in [2.24, 2.45) is 0 Å². The number of ether oxygens (including phenoxy) is 1. The molecule has 4 rings (SSSR count). The van der Waals surface area contributed by atoms with Crippen molar-refractivity contribution in [3.63, 3.8) is 0 Å². The maximum absolute atomic E-state index is 13.5. The Labute approximate surface area is 167 Å². The first-order chi connectivity index (χ1) is 13.5. The van der Waals surface area contributed by atoms with Crippen molar-refractivity contribution in [1.29, 1.82) is 0 Å². The van der Waals surface area contributed by atoms with Gasteiger partial charge in [0.2, 0.25) is 5.95 Å². The van der Waals surface area contributed by atoms with Gasteiger partial charge in [-0.05, 0) is 56.0 Å². The molecule has 1 aliphatic carbocycles. The number of methoxy groups -OCH3 is 1. The number of thiazole rings is 1. The molecule has 3 aromatic rings. The molecule has 1 unspecified atom stereocenters. The fraction of sp³-hybridized carbons (Fsp3) is 0.350. The average molecular weight is 399 g/mol. The summed E-state index contributed by atoms with van der Waals surface area (Å²) in [7, 11) is 1.69. The Bertz CT molecular complexity index is 1010. The normalized spacial score (nSPS) is 13.6. The van der Waals surface area contributed by atoms with Crippen molar-refractivity contribution in [1.82, 2.24) is 15.0 Å². The first-order valence-corrected chi connectivity index (χ1v) is 9.99. The summed E-state index contributed by atoms with van der Waals surface area (Å²) in [5, 5.41) is 7.44. The highest BCUT2D eigenvalue weighted by Crippen LogP contribution is 2.39. The van der Waals surface area contributed by atoms with E-state index in [2.05, 4.69) is 22.5 Å². The van der Waals surface area contributed by atoms with E-state index < -0.39 is 0 Å². The van der Waals surface area contributed by atoms with Crippen LogP contribution in [0.5, 0.6) is 0 Å². The van der Waals surface area contributed by atoms with Crippen LogP contribution in [0, 0.1) is 12.7 Å². The molecule has 1 aliphatic rings. The number of benzene rings is 1. The average Bonchev–Trinajstić information content (AvgIpc) is 3.08. The lowest BCUT2D eigenvalue weighted by Gasteiger charge is -2.15. The van der Waals surface area contributed by atoms with Crippen LogP contribution in [0.4, 0.5) is 21.2 Å². The smallest absolute Gasteiger partial charge is 0.227 e. The van der Waals surface area contributed by atoms with Crippen LogP contribution in [0.25, 0.3) is 10.6 Å². The highest BCUT2D eigenvalue weighted by molar-refractivity contribution is 7.19. The van der Waals surface area contributed by atoms with Crippen LogP contribution >= 0.6 is 11.3 Å². The van der Waals surface area contributed by atoms with Crippen molar-refractivity contribution in [3.8, 4) is 10.6 Å². The molecule has 0 fully saturated rings. The summed E-state index contributed by atoms with van der Waals surface area (Å²) < 4.78 is 18.7. The molecule has 0 bridgehead atoms. The van der Waals surface area contributed by atoms with E-state index in [9.17, 15) is 4.39 Å². The molecule has 8 heteroatoms. The lowest BCUT2D eigenvalue weighted by molar-refractivity contribution is 0.190. The fourth-order valence-electron chi connectivity index (χ4n) is 3.22. The zero-order valence-corrected chi connectivity index (χ0v) is 16.9. The Hall–Kier alpha value is -2.58. The summed E-state index contributed by atoms with van der Waals surface area (Å²) >= 11 is 1.61. The van der Waals surface area contributed by atoms with Gasteiger partial charge in [-0.3, -0.25) is 0 Å². The van der Waals surface area contributed by atoms with Crippen molar-refractivity contribution in [2.75, 3.05) is 24.4 Å². The SMILES string of the molecule is COCC(C)Nc1nc2c(s1)-c1nc(Nc3ccc(F)c(C)c3)ncc1CC2. The van der Waals surface area contributed by atoms with Crippen molar-refractivity contribution in [2.45, 2.75) is 32.7 Å². The summed E-state index contributed by atoms with van der Waals surface area (Å²) in [6, 6.07) is 5.05. The number of fused-ring (bicyclic) bond motifs is 3. The number of aromatic nitrogens is 3. The van der Waals surface area contributed by atoms with Gasteiger partial charge in [-0.25, -0.2) is 19.3 Å². The predicted molar refractivity (Wildman–Crippen MR) is 110 cm³/mol. The van der Waals surface area contributed by atoms with Gasteiger partial charge in [0.15, 0.2) is 5.13 Å². The number of rotatable bonds is 6. The lowest BCUT2D eigenvalue weighted by atomic mass is 10.00. The Balaban J connectivity index is 1.61. The van der Waals surface area contributed by atoms with E-state index in [-0.39, 0.29) is 11.9 Å². The summed E-state index contributed by atoms with van der Waals surface area (Å²) in [4.78, 5) is 15.0. The van der Waals surface area contributed by atoms with Gasteiger partial charge in [0.05, 0.1) is 22.9 Å². The number of anilines is 3. The zero-order valence-electron chi connectivity index (χ0n) is 16.0. The number of hydrogen-bond donors (Lipinski definition) is 2. The highest BCUT2D eigenvalue weighted by Gasteiger charge is 2.23. The van der Waals surface area contributed by atoms with Gasteiger partial charge in [0, 0.05) is 25.0 Å². The first-order valence-electron chi connectivity index (χ1n) is 9.18. The summed E-state index contributed by atoms with van der Waals surface area (Å²) in [6.07, 6.45) is 3.62. The monoisotopic (exact) mass is 399 g/mol. The van der Waals surface area contributed by atoms with Crippen LogP contribution in [0.1, 0.15) is 23.7 Å². The predicted octanol–water partition coefficient (Wildman–Crippen LogP) is 4.34. The van der Waals surface area contributed by atoms with E-state index in [4.69, 9.17) is 14.7 Å². The van der Waals surface area contributed by atoms with Gasteiger partial charge in [-0.1, -0.05) is 11.3 Å². The van der Waals surface area contributed by atoms with Crippen molar-refractivity contribution < 1.29 is 9.13 Å². The number of nitrogens with zero attached hydrogens (tertiary/aromatic N) is 3. The summed E-state index contributed by atoms with van der Waals surface area (Å²) in [5.74, 6) is 0.266. The van der Waals surface area contributed by atoms with Crippen LogP contribution < -0.4 is 10.6 Å². The minimum absolute atomic E-state index is 0.182. The second kappa shape index (κ2) is 7.81. The van der Waals surface area contributed by atoms with Gasteiger partial charge < -0.3 is 15.4 Å². The first kappa shape index (κ1) is 18.8. The number of aryl methyl sites for hydroxylation is 3. The van der Waals surface area contributed by atoms with Crippen molar-refractivity contribution >= 4 is 28.1 Å². The Morgan fingerprint density at radius 2 is 2.14 bits per heavy atom. The van der Waals surface area contributed by atoms with Crippen molar-refractivity contribution in [3.05, 3.63) is 47.0 Å². The van der Waals surface area contributed by atoms with Crippen LogP contribution in [-0.4, -0.2) is 34.7 Å². The molecule has 1 aromatic carbocycles. The zero-order chi connectivity index (χ0) is 19.7. The highest BCUT2D eigenvalue weighted by atomic mass is 32.1. The molecule has 0 spiro atoms. The molecule has 0 aliphatic heterocycles. The van der Waals surface area contributed by atoms with E-state index in [0.29, 0.717) is 18.1 Å². The second-order valence-corrected chi connectivity index (χ2v) is 7.95. The fourth-order valence-corrected chi connectivity index (χ4v) is 4.37. The molecular weight excluding hydrogens is 377 g/mol. The number of hydrogen-bond acceptors (Lipinski definition) is 7. The molecule has 6 nitrogen and oxygen atoms in total. The lowest BCUT2D eigenvalue weighted by Crippen LogP contribution is -2.20. The topological polar surface area (TPSA) is 72.0 Å². The van der Waals surface area contributed by atoms with Gasteiger partial charge in [0.1, 0.15) is 5.82 Å². The van der Waals surface area contributed by atoms with E-state index in [0.717, 1.165) is 45.5 Å². The van der Waals surface area contributed by atoms with Crippen LogP contribution in [-0.2, 0) is 17.6 Å². The van der Waals surface area contributed by atoms with Gasteiger partial charge in [-0.15, -0.1) is 0 Å². The number of halogens is 1. The van der Waals surface area contributed by atoms with E-state index in [1.165, 1.54) is 6.07 Å². The van der Waals surface area contributed by atoms with Crippen LogP contribution in [0.15, 0.2) is 24.4 Å².